The van der Waals surface area contributed by atoms with Crippen LogP contribution in [-0.4, -0.2) is 0 Å². The molecule has 0 saturated carbocycles. The van der Waals surface area contributed by atoms with Gasteiger partial charge in [0.2, 0.25) is 0 Å². The Bertz CT molecular complexity index is 1480. The average Bonchev–Trinajstić information content (AvgIpc) is 3.16. The fraction of sp³-hybridized carbons (Fsp3) is 0.103. The lowest BCUT2D eigenvalue weighted by Gasteiger charge is -2.26. The number of hydrogen-bond donors (Lipinski definition) is 0. The monoisotopic (exact) mass is 402 g/mol. The number of thiophene rings is 1. The zero-order chi connectivity index (χ0) is 20.2. The molecule has 1 heteroatoms. The first-order chi connectivity index (χ1) is 14.7. The third kappa shape index (κ3) is 2.59. The zero-order valence-corrected chi connectivity index (χ0v) is 17.7. The van der Waals surface area contributed by atoms with Crippen LogP contribution in [0.3, 0.4) is 0 Å². The minimum Gasteiger partial charge on any atom is -0.135 e. The highest BCUT2D eigenvalue weighted by Gasteiger charge is 2.21. The minimum absolute atomic E-state index is 0.381. The lowest BCUT2D eigenvalue weighted by atomic mass is 9.78. The molecular formula is C29H22S. The van der Waals surface area contributed by atoms with Crippen molar-refractivity contribution in [1.29, 1.82) is 0 Å². The molecule has 4 aromatic carbocycles. The molecule has 30 heavy (non-hydrogen) atoms. The summed E-state index contributed by atoms with van der Waals surface area (Å²) in [6.07, 6.45) is 6.73. The summed E-state index contributed by atoms with van der Waals surface area (Å²) in [7, 11) is 0. The van der Waals surface area contributed by atoms with E-state index in [9.17, 15) is 0 Å². The Balaban J connectivity index is 1.56. The standard InChI is InChI=1S/C29H22S/c1-3-22-18(2)8-13-24-23(22)14-11-19-9-10-20(16-26(19)24)21-12-15-29-27(17-21)25-6-4-5-7-28(25)30-29/h3-18,22H,1H2,2H3. The molecule has 2 atom stereocenters. The highest BCUT2D eigenvalue weighted by Crippen LogP contribution is 2.40. The van der Waals surface area contributed by atoms with E-state index in [-0.39, 0.29) is 0 Å². The third-order valence-corrected chi connectivity index (χ3v) is 7.70. The predicted octanol–water partition coefficient (Wildman–Crippen LogP) is 8.81. The van der Waals surface area contributed by atoms with Crippen LogP contribution >= 0.6 is 11.3 Å². The van der Waals surface area contributed by atoms with E-state index >= 15 is 0 Å². The molecule has 0 spiro atoms. The van der Waals surface area contributed by atoms with Crippen molar-refractivity contribution in [1.82, 2.24) is 0 Å². The van der Waals surface area contributed by atoms with Crippen LogP contribution in [0.25, 0.3) is 48.1 Å². The van der Waals surface area contributed by atoms with Gasteiger partial charge < -0.3 is 0 Å². The number of allylic oxidation sites excluding steroid dienone is 2. The SMILES string of the molecule is C=CC1c2ccc3ccc(-c4ccc5sc6ccccc6c5c4)cc3c2C=CC1C. The van der Waals surface area contributed by atoms with Gasteiger partial charge in [-0.3, -0.25) is 0 Å². The molecule has 0 N–H and O–H groups in total. The lowest BCUT2D eigenvalue weighted by Crippen LogP contribution is -2.10. The van der Waals surface area contributed by atoms with Crippen LogP contribution in [0.4, 0.5) is 0 Å². The Kier molecular flexibility index (Phi) is 3.94. The second-order valence-corrected chi connectivity index (χ2v) is 9.38. The van der Waals surface area contributed by atoms with Crippen LogP contribution in [-0.2, 0) is 0 Å². The molecule has 1 heterocycles. The van der Waals surface area contributed by atoms with E-state index in [1.807, 2.05) is 11.3 Å². The number of hydrogen-bond acceptors (Lipinski definition) is 1. The van der Waals surface area contributed by atoms with Crippen molar-refractivity contribution in [3.8, 4) is 11.1 Å². The maximum atomic E-state index is 4.09. The normalized spacial score (nSPS) is 18.2. The van der Waals surface area contributed by atoms with Crippen molar-refractivity contribution in [2.24, 2.45) is 5.92 Å². The minimum atomic E-state index is 0.381. The van der Waals surface area contributed by atoms with E-state index in [4.69, 9.17) is 0 Å². The van der Waals surface area contributed by atoms with E-state index in [0.717, 1.165) is 0 Å². The fourth-order valence-electron chi connectivity index (χ4n) is 4.91. The van der Waals surface area contributed by atoms with E-state index in [0.29, 0.717) is 11.8 Å². The topological polar surface area (TPSA) is 0 Å². The van der Waals surface area contributed by atoms with Gasteiger partial charge in [-0.1, -0.05) is 73.7 Å². The lowest BCUT2D eigenvalue weighted by molar-refractivity contribution is 0.638. The highest BCUT2D eigenvalue weighted by molar-refractivity contribution is 7.25. The van der Waals surface area contributed by atoms with Crippen molar-refractivity contribution < 1.29 is 0 Å². The molecule has 2 unspecified atom stereocenters. The highest BCUT2D eigenvalue weighted by atomic mass is 32.1. The summed E-state index contributed by atoms with van der Waals surface area (Å²) in [5.41, 5.74) is 5.29. The summed E-state index contributed by atoms with van der Waals surface area (Å²) < 4.78 is 2.70. The molecule has 0 nitrogen and oxygen atoms in total. The quantitative estimate of drug-likeness (QED) is 0.259. The van der Waals surface area contributed by atoms with Crippen LogP contribution < -0.4 is 0 Å². The summed E-state index contributed by atoms with van der Waals surface area (Å²) >= 11 is 1.87. The Labute approximate surface area is 180 Å². The van der Waals surface area contributed by atoms with Crippen molar-refractivity contribution in [3.05, 3.63) is 103 Å². The van der Waals surface area contributed by atoms with Gasteiger partial charge in [-0.05, 0) is 63.2 Å². The second kappa shape index (κ2) is 6.68. The van der Waals surface area contributed by atoms with Crippen LogP contribution in [0.2, 0.25) is 0 Å². The van der Waals surface area contributed by atoms with Crippen LogP contribution in [0.1, 0.15) is 24.0 Å². The second-order valence-electron chi connectivity index (χ2n) is 8.29. The van der Waals surface area contributed by atoms with Crippen molar-refractivity contribution in [3.63, 3.8) is 0 Å². The van der Waals surface area contributed by atoms with Crippen molar-refractivity contribution in [2.75, 3.05) is 0 Å². The van der Waals surface area contributed by atoms with Gasteiger partial charge in [0, 0.05) is 26.1 Å². The molecule has 5 aromatic rings. The molecule has 0 amide bonds. The van der Waals surface area contributed by atoms with Gasteiger partial charge in [0.15, 0.2) is 0 Å². The number of fused-ring (bicyclic) bond motifs is 6. The summed E-state index contributed by atoms with van der Waals surface area (Å²) in [4.78, 5) is 0. The van der Waals surface area contributed by atoms with Gasteiger partial charge in [-0.2, -0.15) is 0 Å². The number of benzene rings is 4. The Hall–Kier alpha value is -3.16. The van der Waals surface area contributed by atoms with E-state index in [1.165, 1.54) is 53.2 Å². The predicted molar refractivity (Wildman–Crippen MR) is 133 cm³/mol. The molecule has 0 saturated heterocycles. The Morgan fingerprint density at radius 1 is 0.800 bits per heavy atom. The van der Waals surface area contributed by atoms with Crippen molar-refractivity contribution in [2.45, 2.75) is 12.8 Å². The molecule has 144 valence electrons. The molecule has 1 aliphatic carbocycles. The maximum Gasteiger partial charge on any atom is 0.0355 e. The van der Waals surface area contributed by atoms with Crippen LogP contribution in [0.5, 0.6) is 0 Å². The Morgan fingerprint density at radius 3 is 2.40 bits per heavy atom. The van der Waals surface area contributed by atoms with Gasteiger partial charge in [-0.15, -0.1) is 17.9 Å². The average molecular weight is 403 g/mol. The van der Waals surface area contributed by atoms with E-state index in [2.05, 4.69) is 105 Å². The van der Waals surface area contributed by atoms with E-state index < -0.39 is 0 Å². The first-order valence-electron chi connectivity index (χ1n) is 10.5. The van der Waals surface area contributed by atoms with Gasteiger partial charge in [0.1, 0.15) is 0 Å². The maximum absolute atomic E-state index is 4.09. The van der Waals surface area contributed by atoms with Crippen molar-refractivity contribution >= 4 is 48.4 Å². The smallest absolute Gasteiger partial charge is 0.0355 e. The third-order valence-electron chi connectivity index (χ3n) is 6.55. The number of rotatable bonds is 2. The summed E-state index contributed by atoms with van der Waals surface area (Å²) in [5.74, 6) is 0.872. The molecule has 6 rings (SSSR count). The van der Waals surface area contributed by atoms with Gasteiger partial charge in [0.05, 0.1) is 0 Å². The van der Waals surface area contributed by atoms with Crippen LogP contribution in [0, 0.1) is 5.92 Å². The molecule has 0 bridgehead atoms. The zero-order valence-electron chi connectivity index (χ0n) is 16.9. The van der Waals surface area contributed by atoms with Gasteiger partial charge >= 0.3 is 0 Å². The van der Waals surface area contributed by atoms with Gasteiger partial charge in [0.25, 0.3) is 0 Å². The summed E-state index contributed by atoms with van der Waals surface area (Å²) in [6.45, 7) is 6.37. The fourth-order valence-corrected chi connectivity index (χ4v) is 6.00. The largest absolute Gasteiger partial charge is 0.135 e. The molecule has 0 fully saturated rings. The molecule has 1 aliphatic rings. The first kappa shape index (κ1) is 17.7. The van der Waals surface area contributed by atoms with E-state index in [1.54, 1.807) is 0 Å². The first-order valence-corrected chi connectivity index (χ1v) is 11.3. The van der Waals surface area contributed by atoms with Gasteiger partial charge in [-0.25, -0.2) is 0 Å². The van der Waals surface area contributed by atoms with Crippen LogP contribution in [0.15, 0.2) is 91.5 Å². The summed E-state index contributed by atoms with van der Waals surface area (Å²) in [5, 5.41) is 5.32. The summed E-state index contributed by atoms with van der Waals surface area (Å²) in [6, 6.07) is 27.0. The molecule has 1 aromatic heterocycles. The molecule has 0 radical (unpaired) electrons. The molecular weight excluding hydrogens is 380 g/mol. The molecule has 0 aliphatic heterocycles. The Morgan fingerprint density at radius 2 is 1.53 bits per heavy atom.